The van der Waals surface area contributed by atoms with Crippen molar-refractivity contribution in [3.63, 3.8) is 0 Å². The van der Waals surface area contributed by atoms with Gasteiger partial charge in [0.1, 0.15) is 22.8 Å². The highest BCUT2D eigenvalue weighted by Gasteiger charge is 2.29. The quantitative estimate of drug-likeness (QED) is 0.365. The van der Waals surface area contributed by atoms with Gasteiger partial charge in [-0.1, -0.05) is 6.92 Å². The molecule has 0 bridgehead atoms. The van der Waals surface area contributed by atoms with Gasteiger partial charge >= 0.3 is 0 Å². The number of ether oxygens (including phenoxy) is 3. The average Bonchev–Trinajstić information content (AvgIpc) is 3.42. The highest BCUT2D eigenvalue weighted by molar-refractivity contribution is 6.09. The van der Waals surface area contributed by atoms with Crippen LogP contribution in [0.25, 0.3) is 11.0 Å². The van der Waals surface area contributed by atoms with Crippen LogP contribution in [0.4, 0.5) is 5.69 Å². The molecule has 226 valence electrons. The molecule has 3 aliphatic heterocycles. The summed E-state index contributed by atoms with van der Waals surface area (Å²) in [4.78, 5) is 28.3. The molecular weight excluding hydrogens is 536 g/mol. The lowest BCUT2D eigenvalue weighted by Crippen LogP contribution is -2.40. The predicted octanol–water partition coefficient (Wildman–Crippen LogP) is 3.38. The first kappa shape index (κ1) is 29.9. The van der Waals surface area contributed by atoms with Crippen molar-refractivity contribution >= 4 is 28.5 Å². The van der Waals surface area contributed by atoms with Gasteiger partial charge in [-0.25, -0.2) is 4.79 Å². The van der Waals surface area contributed by atoms with E-state index < -0.39 is 0 Å². The number of methoxy groups -OCH3 is 1. The van der Waals surface area contributed by atoms with Crippen LogP contribution in [0.2, 0.25) is 0 Å². The Labute approximate surface area is 247 Å². The van der Waals surface area contributed by atoms with Crippen molar-refractivity contribution in [2.24, 2.45) is 0 Å². The van der Waals surface area contributed by atoms with Crippen molar-refractivity contribution < 1.29 is 28.2 Å². The number of rotatable bonds is 10. The van der Waals surface area contributed by atoms with E-state index in [0.717, 1.165) is 73.8 Å². The summed E-state index contributed by atoms with van der Waals surface area (Å²) in [7, 11) is 1.55. The number of fused-ring (bicyclic) bond motifs is 1. The van der Waals surface area contributed by atoms with Crippen LogP contribution >= 0.6 is 0 Å². The number of carbonyl (C=O) groups excluding carboxylic acids is 2. The van der Waals surface area contributed by atoms with Crippen molar-refractivity contribution in [1.82, 2.24) is 16.0 Å². The van der Waals surface area contributed by atoms with Crippen LogP contribution in [0, 0.1) is 0 Å². The molecule has 4 heterocycles. The molecule has 5 rings (SSSR count). The number of nitrogens with one attached hydrogen (secondary N) is 3. The number of furan rings is 1. The fourth-order valence-electron chi connectivity index (χ4n) is 6.25. The summed E-state index contributed by atoms with van der Waals surface area (Å²) in [6.07, 6.45) is 4.96. The molecule has 2 aromatic rings. The molecule has 0 radical (unpaired) electrons. The number of carbonyl (C=O) groups is 1. The van der Waals surface area contributed by atoms with Crippen LogP contribution in [0.1, 0.15) is 55.3 Å². The number of benzene rings is 1. The van der Waals surface area contributed by atoms with Crippen LogP contribution in [0.15, 0.2) is 45.4 Å². The summed E-state index contributed by atoms with van der Waals surface area (Å²) in [6, 6.07) is 4.41. The second-order valence-corrected chi connectivity index (χ2v) is 10.9. The fourth-order valence-corrected chi connectivity index (χ4v) is 6.25. The zero-order valence-corrected chi connectivity index (χ0v) is 25.1. The van der Waals surface area contributed by atoms with Crippen molar-refractivity contribution in [3.8, 4) is 0 Å². The van der Waals surface area contributed by atoms with Gasteiger partial charge in [0.15, 0.2) is 5.94 Å². The van der Waals surface area contributed by atoms with E-state index in [1.807, 2.05) is 18.9 Å². The van der Waals surface area contributed by atoms with E-state index in [4.69, 9.17) is 18.6 Å². The lowest BCUT2D eigenvalue weighted by Gasteiger charge is -2.37. The lowest BCUT2D eigenvalue weighted by molar-refractivity contribution is 0.0265. The number of hydrogen-bond donors (Lipinski definition) is 3. The normalized spacial score (nSPS) is 19.8. The van der Waals surface area contributed by atoms with E-state index >= 15 is 0 Å². The maximum Gasteiger partial charge on any atom is 0.252 e. The fraction of sp³-hybridized carbons (Fsp3) is 0.531. The Hall–Kier alpha value is -3.56. The molecule has 1 atom stereocenters. The van der Waals surface area contributed by atoms with Gasteiger partial charge in [0.2, 0.25) is 0 Å². The Morgan fingerprint density at radius 1 is 1.21 bits per heavy atom. The molecule has 1 unspecified atom stereocenters. The highest BCUT2D eigenvalue weighted by atomic mass is 16.5. The number of hydrogen-bond acceptors (Lipinski definition) is 9. The lowest BCUT2D eigenvalue weighted by atomic mass is 9.95. The Morgan fingerprint density at radius 3 is 2.69 bits per heavy atom. The second kappa shape index (κ2) is 13.6. The van der Waals surface area contributed by atoms with Gasteiger partial charge in [0.05, 0.1) is 25.4 Å². The molecule has 2 saturated heterocycles. The molecule has 2 fully saturated rings. The molecule has 3 N–H and O–H groups in total. The molecule has 1 amide bonds. The standard InChI is InChI=1S/C32H42N4O6/c1-5-24-28(36(6-2)21-7-10-40-11-8-21)16-30-25(15-22(42-30)14-23-17-33-9-12-41-23)31(24)32(38)34-18-26-27(19-37)35-20(3)13-29(26)39-4/h13,15-16,21,23,33,35H,5-12,14,17-18H2,1-4H3,(H,34,38). The maximum atomic E-state index is 14.1. The van der Waals surface area contributed by atoms with Crippen molar-refractivity contribution in [1.29, 1.82) is 0 Å². The number of morpholine rings is 1. The maximum absolute atomic E-state index is 14.1. The number of anilines is 1. The van der Waals surface area contributed by atoms with Gasteiger partial charge in [-0.3, -0.25) is 4.79 Å². The first-order chi connectivity index (χ1) is 20.5. The van der Waals surface area contributed by atoms with Gasteiger partial charge in [-0.2, -0.15) is 0 Å². The Morgan fingerprint density at radius 2 is 2.02 bits per heavy atom. The van der Waals surface area contributed by atoms with Crippen LogP contribution in [-0.2, 0) is 31.8 Å². The summed E-state index contributed by atoms with van der Waals surface area (Å²) < 4.78 is 23.5. The molecule has 0 aliphatic carbocycles. The number of allylic oxidation sites excluding steroid dienone is 2. The molecule has 10 nitrogen and oxygen atoms in total. The van der Waals surface area contributed by atoms with Gasteiger partial charge in [0, 0.05) is 80.3 Å². The molecular formula is C32H42N4O6. The number of nitrogens with zero attached hydrogens (tertiary/aromatic N) is 1. The second-order valence-electron chi connectivity index (χ2n) is 10.9. The van der Waals surface area contributed by atoms with E-state index in [1.165, 1.54) is 0 Å². The van der Waals surface area contributed by atoms with Crippen molar-refractivity contribution in [3.05, 3.63) is 57.8 Å². The highest BCUT2D eigenvalue weighted by Crippen LogP contribution is 2.37. The molecule has 3 aliphatic rings. The predicted molar refractivity (Wildman–Crippen MR) is 161 cm³/mol. The molecule has 42 heavy (non-hydrogen) atoms. The minimum absolute atomic E-state index is 0.0133. The van der Waals surface area contributed by atoms with E-state index in [1.54, 1.807) is 13.2 Å². The SMILES string of the molecule is CCc1c(N(CC)C2CCOCC2)cc2oc(CC3CNCCO3)cc2c1C(=O)NCC1=C(OC)C=C(C)NC1=C=O. The third-order valence-corrected chi connectivity index (χ3v) is 8.27. The summed E-state index contributed by atoms with van der Waals surface area (Å²) in [5, 5.41) is 10.2. The number of dihydropyridines is 1. The van der Waals surface area contributed by atoms with E-state index in [-0.39, 0.29) is 24.3 Å². The molecule has 1 aromatic heterocycles. The largest absolute Gasteiger partial charge is 0.496 e. The van der Waals surface area contributed by atoms with E-state index in [9.17, 15) is 9.59 Å². The third-order valence-electron chi connectivity index (χ3n) is 8.27. The minimum atomic E-state index is -0.232. The minimum Gasteiger partial charge on any atom is -0.496 e. The molecule has 0 saturated carbocycles. The zero-order valence-electron chi connectivity index (χ0n) is 25.1. The van der Waals surface area contributed by atoms with Gasteiger partial charge < -0.3 is 39.5 Å². The average molecular weight is 579 g/mol. The van der Waals surface area contributed by atoms with Gasteiger partial charge in [-0.05, 0) is 50.8 Å². The van der Waals surface area contributed by atoms with Crippen LogP contribution in [0.3, 0.4) is 0 Å². The summed E-state index contributed by atoms with van der Waals surface area (Å²) in [6.45, 7) is 10.7. The summed E-state index contributed by atoms with van der Waals surface area (Å²) in [5.74, 6) is 3.02. The first-order valence-corrected chi connectivity index (χ1v) is 15.0. The molecule has 0 spiro atoms. The summed E-state index contributed by atoms with van der Waals surface area (Å²) in [5.41, 5.74) is 4.83. The molecule has 1 aromatic carbocycles. The Kier molecular flexibility index (Phi) is 9.69. The van der Waals surface area contributed by atoms with Gasteiger partial charge in [-0.15, -0.1) is 0 Å². The van der Waals surface area contributed by atoms with E-state index in [2.05, 4.69) is 40.8 Å². The third kappa shape index (κ3) is 6.27. The van der Waals surface area contributed by atoms with Crippen molar-refractivity contribution in [2.75, 3.05) is 58.0 Å². The molecule has 10 heteroatoms. The smallest absolute Gasteiger partial charge is 0.252 e. The van der Waals surface area contributed by atoms with Crippen LogP contribution in [0.5, 0.6) is 0 Å². The van der Waals surface area contributed by atoms with Crippen molar-refractivity contribution in [2.45, 2.75) is 58.6 Å². The Balaban J connectivity index is 1.55. The van der Waals surface area contributed by atoms with E-state index in [0.29, 0.717) is 48.0 Å². The number of amides is 1. The van der Waals surface area contributed by atoms with Gasteiger partial charge in [0.25, 0.3) is 5.91 Å². The van der Waals surface area contributed by atoms with Crippen LogP contribution < -0.4 is 20.9 Å². The zero-order chi connectivity index (χ0) is 29.6. The summed E-state index contributed by atoms with van der Waals surface area (Å²) >= 11 is 0. The monoisotopic (exact) mass is 578 g/mol. The Bertz CT molecular complexity index is 1410. The van der Waals surface area contributed by atoms with Crippen LogP contribution in [-0.4, -0.2) is 77.1 Å². The topological polar surface area (TPSA) is 114 Å². The first-order valence-electron chi connectivity index (χ1n) is 15.0.